The molecule has 0 radical (unpaired) electrons. The van der Waals surface area contributed by atoms with Crippen molar-refractivity contribution in [1.82, 2.24) is 0 Å². The zero-order chi connectivity index (χ0) is 25.9. The van der Waals surface area contributed by atoms with E-state index in [9.17, 15) is 14.0 Å². The van der Waals surface area contributed by atoms with Crippen molar-refractivity contribution in [1.29, 1.82) is 0 Å². The van der Waals surface area contributed by atoms with Crippen molar-refractivity contribution in [3.8, 4) is 11.1 Å². The lowest BCUT2D eigenvalue weighted by Crippen LogP contribution is -2.27. The predicted octanol–water partition coefficient (Wildman–Crippen LogP) is 6.94. The lowest BCUT2D eigenvalue weighted by molar-refractivity contribution is 0.0635. The Morgan fingerprint density at radius 2 is 1.58 bits per heavy atom. The van der Waals surface area contributed by atoms with Crippen molar-refractivity contribution in [2.24, 2.45) is 5.92 Å². The van der Waals surface area contributed by atoms with Crippen molar-refractivity contribution in [3.05, 3.63) is 78.1 Å². The molecule has 188 valence electrons. The molecular weight excluding hydrogens is 457 g/mol. The minimum absolute atomic E-state index is 0.306. The molecule has 7 heteroatoms. The summed E-state index contributed by atoms with van der Waals surface area (Å²) < 4.78 is 18.8. The molecular formula is C29H32FN3O3. The van der Waals surface area contributed by atoms with Gasteiger partial charge in [0.2, 0.25) is 0 Å². The Morgan fingerprint density at radius 3 is 2.19 bits per heavy atom. The molecule has 2 amide bonds. The van der Waals surface area contributed by atoms with Crippen LogP contribution in [0.2, 0.25) is 0 Å². The normalized spacial score (nSPS) is 15.5. The third kappa shape index (κ3) is 6.42. The largest absolute Gasteiger partial charge is 0.444 e. The molecule has 1 atom stereocenters. The molecule has 3 aromatic rings. The number of halogens is 1. The van der Waals surface area contributed by atoms with Crippen LogP contribution in [0.3, 0.4) is 0 Å². The molecule has 1 heterocycles. The van der Waals surface area contributed by atoms with E-state index in [2.05, 4.69) is 22.5 Å². The van der Waals surface area contributed by atoms with E-state index in [0.29, 0.717) is 22.9 Å². The fourth-order valence-corrected chi connectivity index (χ4v) is 4.18. The van der Waals surface area contributed by atoms with Gasteiger partial charge in [-0.1, -0.05) is 25.1 Å². The molecule has 0 aliphatic carbocycles. The smallest absolute Gasteiger partial charge is 0.412 e. The molecule has 36 heavy (non-hydrogen) atoms. The first kappa shape index (κ1) is 25.2. The molecule has 1 saturated heterocycles. The summed E-state index contributed by atoms with van der Waals surface area (Å²) >= 11 is 0. The molecule has 2 N–H and O–H groups in total. The van der Waals surface area contributed by atoms with Crippen LogP contribution < -0.4 is 15.5 Å². The van der Waals surface area contributed by atoms with Crippen LogP contribution >= 0.6 is 0 Å². The van der Waals surface area contributed by atoms with Gasteiger partial charge < -0.3 is 15.0 Å². The van der Waals surface area contributed by atoms with Crippen LogP contribution in [-0.2, 0) is 4.74 Å². The number of anilines is 3. The van der Waals surface area contributed by atoms with E-state index >= 15 is 0 Å². The topological polar surface area (TPSA) is 70.7 Å². The highest BCUT2D eigenvalue weighted by Crippen LogP contribution is 2.31. The monoisotopic (exact) mass is 489 g/mol. The lowest BCUT2D eigenvalue weighted by atomic mass is 10.0. The van der Waals surface area contributed by atoms with Crippen molar-refractivity contribution >= 4 is 29.1 Å². The second-order valence-corrected chi connectivity index (χ2v) is 10.2. The Hall–Kier alpha value is -3.87. The maximum atomic E-state index is 13.4. The number of hydrogen-bond donors (Lipinski definition) is 2. The highest BCUT2D eigenvalue weighted by molar-refractivity contribution is 6.07. The zero-order valence-electron chi connectivity index (χ0n) is 21.1. The molecule has 4 rings (SSSR count). The Balaban J connectivity index is 1.58. The van der Waals surface area contributed by atoms with E-state index in [-0.39, 0.29) is 11.7 Å². The highest BCUT2D eigenvalue weighted by atomic mass is 19.1. The molecule has 6 nitrogen and oxygen atoms in total. The van der Waals surface area contributed by atoms with Gasteiger partial charge in [-0.25, -0.2) is 9.18 Å². The number of rotatable bonds is 5. The number of benzene rings is 3. The van der Waals surface area contributed by atoms with Crippen LogP contribution in [0.4, 0.5) is 26.2 Å². The summed E-state index contributed by atoms with van der Waals surface area (Å²) in [4.78, 5) is 27.9. The fourth-order valence-electron chi connectivity index (χ4n) is 4.18. The van der Waals surface area contributed by atoms with Crippen LogP contribution in [0.1, 0.15) is 44.5 Å². The summed E-state index contributed by atoms with van der Waals surface area (Å²) in [6.07, 6.45) is 0.539. The average Bonchev–Trinajstić information content (AvgIpc) is 3.26. The molecule has 1 aliphatic rings. The lowest BCUT2D eigenvalue weighted by Gasteiger charge is -2.21. The van der Waals surface area contributed by atoms with Gasteiger partial charge in [-0.3, -0.25) is 10.1 Å². The maximum absolute atomic E-state index is 13.4. The summed E-state index contributed by atoms with van der Waals surface area (Å²) in [7, 11) is 0. The third-order valence-electron chi connectivity index (χ3n) is 6.00. The SMILES string of the molecule is CC1CCN(c2ccc(C(=O)Nc3cc(-c4ccc(F)cc4)ccc3NC(=O)OC(C)(C)C)cc2)C1. The average molecular weight is 490 g/mol. The Labute approximate surface area is 211 Å². The first-order valence-corrected chi connectivity index (χ1v) is 12.1. The summed E-state index contributed by atoms with van der Waals surface area (Å²) in [5, 5.41) is 5.64. The Bertz CT molecular complexity index is 1230. The molecule has 3 aromatic carbocycles. The Kier molecular flexibility index (Phi) is 7.29. The second kappa shape index (κ2) is 10.4. The maximum Gasteiger partial charge on any atom is 0.412 e. The van der Waals surface area contributed by atoms with E-state index in [1.165, 1.54) is 18.6 Å². The van der Waals surface area contributed by atoms with Gasteiger partial charge >= 0.3 is 6.09 Å². The van der Waals surface area contributed by atoms with Gasteiger partial charge in [-0.15, -0.1) is 0 Å². The van der Waals surface area contributed by atoms with E-state index < -0.39 is 11.7 Å². The number of nitrogens with one attached hydrogen (secondary N) is 2. The van der Waals surface area contributed by atoms with Crippen molar-refractivity contribution in [2.75, 3.05) is 28.6 Å². The van der Waals surface area contributed by atoms with Gasteiger partial charge in [0.15, 0.2) is 0 Å². The van der Waals surface area contributed by atoms with Gasteiger partial charge in [-0.2, -0.15) is 0 Å². The van der Waals surface area contributed by atoms with E-state index in [1.807, 2.05) is 12.1 Å². The minimum atomic E-state index is -0.670. The number of amides is 2. The van der Waals surface area contributed by atoms with Crippen LogP contribution in [-0.4, -0.2) is 30.7 Å². The molecule has 1 unspecified atom stereocenters. The molecule has 0 aromatic heterocycles. The quantitative estimate of drug-likeness (QED) is 0.407. The highest BCUT2D eigenvalue weighted by Gasteiger charge is 2.20. The van der Waals surface area contributed by atoms with Gasteiger partial charge in [0.05, 0.1) is 11.4 Å². The Morgan fingerprint density at radius 1 is 0.917 bits per heavy atom. The first-order valence-electron chi connectivity index (χ1n) is 12.1. The van der Waals surface area contributed by atoms with Crippen LogP contribution in [0.5, 0.6) is 0 Å². The van der Waals surface area contributed by atoms with Crippen molar-refractivity contribution < 1.29 is 18.7 Å². The molecule has 0 bridgehead atoms. The standard InChI is InChI=1S/C29H32FN3O3/c1-19-15-16-33(18-19)24-12-7-21(8-13-24)27(34)31-26-17-22(20-5-10-23(30)11-6-20)9-14-25(26)32-28(35)36-29(2,3)4/h5-14,17,19H,15-16,18H2,1-4H3,(H,31,34)(H,32,35). The predicted molar refractivity (Wildman–Crippen MR) is 142 cm³/mol. The summed E-state index contributed by atoms with van der Waals surface area (Å²) in [6, 6.07) is 18.8. The first-order chi connectivity index (χ1) is 17.1. The number of ether oxygens (including phenoxy) is 1. The number of carbonyl (C=O) groups is 2. The fraction of sp³-hybridized carbons (Fsp3) is 0.310. The number of hydrogen-bond acceptors (Lipinski definition) is 4. The molecule has 1 aliphatic heterocycles. The van der Waals surface area contributed by atoms with E-state index in [0.717, 1.165) is 29.9 Å². The molecule has 1 fully saturated rings. The van der Waals surface area contributed by atoms with E-state index in [4.69, 9.17) is 4.74 Å². The van der Waals surface area contributed by atoms with Crippen LogP contribution in [0.15, 0.2) is 66.7 Å². The number of nitrogens with zero attached hydrogens (tertiary/aromatic N) is 1. The molecule has 0 saturated carbocycles. The van der Waals surface area contributed by atoms with Gasteiger partial charge in [0.1, 0.15) is 11.4 Å². The summed E-state index contributed by atoms with van der Waals surface area (Å²) in [5.41, 5.74) is 3.27. The second-order valence-electron chi connectivity index (χ2n) is 10.2. The van der Waals surface area contributed by atoms with Crippen LogP contribution in [0.25, 0.3) is 11.1 Å². The van der Waals surface area contributed by atoms with Crippen molar-refractivity contribution in [3.63, 3.8) is 0 Å². The van der Waals surface area contributed by atoms with Gasteiger partial charge in [0, 0.05) is 24.3 Å². The zero-order valence-corrected chi connectivity index (χ0v) is 21.1. The molecule has 0 spiro atoms. The minimum Gasteiger partial charge on any atom is -0.444 e. The summed E-state index contributed by atoms with van der Waals surface area (Å²) in [6.45, 7) is 9.60. The van der Waals surface area contributed by atoms with Crippen LogP contribution in [0, 0.1) is 11.7 Å². The third-order valence-corrected chi connectivity index (χ3v) is 6.00. The van der Waals surface area contributed by atoms with Gasteiger partial charge in [0.25, 0.3) is 5.91 Å². The summed E-state index contributed by atoms with van der Waals surface area (Å²) in [5.74, 6) is 0.0272. The van der Waals surface area contributed by atoms with Gasteiger partial charge in [-0.05, 0) is 92.8 Å². The van der Waals surface area contributed by atoms with Crippen molar-refractivity contribution in [2.45, 2.75) is 39.7 Å². The van der Waals surface area contributed by atoms with E-state index in [1.54, 1.807) is 63.2 Å². The number of carbonyl (C=O) groups excluding carboxylic acids is 2.